The van der Waals surface area contributed by atoms with Crippen molar-refractivity contribution in [2.45, 2.75) is 18.4 Å². The maximum absolute atomic E-state index is 12.2. The Morgan fingerprint density at radius 3 is 2.50 bits per heavy atom. The fourth-order valence-electron chi connectivity index (χ4n) is 2.56. The summed E-state index contributed by atoms with van der Waals surface area (Å²) in [7, 11) is -3.92. The van der Waals surface area contributed by atoms with Gasteiger partial charge in [0.25, 0.3) is 15.9 Å². The van der Waals surface area contributed by atoms with Crippen LogP contribution < -0.4 is 4.72 Å². The first-order chi connectivity index (χ1) is 11.4. The number of fused-ring (bicyclic) bond motifs is 1. The maximum Gasteiger partial charge on any atom is 0.264 e. The van der Waals surface area contributed by atoms with Gasteiger partial charge in [-0.3, -0.25) is 4.79 Å². The predicted octanol–water partition coefficient (Wildman–Crippen LogP) is 3.11. The molecule has 7 heteroatoms. The van der Waals surface area contributed by atoms with Gasteiger partial charge in [-0.2, -0.15) is 0 Å². The molecule has 3 aromatic rings. The Kier molecular flexibility index (Phi) is 4.34. The molecule has 1 amide bonds. The minimum atomic E-state index is -3.92. The molecule has 0 radical (unpaired) electrons. The number of aromatic nitrogens is 1. The molecule has 24 heavy (non-hydrogen) atoms. The maximum atomic E-state index is 12.2. The van der Waals surface area contributed by atoms with E-state index in [1.54, 1.807) is 4.57 Å². The van der Waals surface area contributed by atoms with Gasteiger partial charge < -0.3 is 4.57 Å². The Labute approximate surface area is 144 Å². The minimum Gasteiger partial charge on any atom is -0.335 e. The van der Waals surface area contributed by atoms with E-state index in [9.17, 15) is 13.2 Å². The van der Waals surface area contributed by atoms with Crippen LogP contribution in [0.25, 0.3) is 10.9 Å². The van der Waals surface area contributed by atoms with Gasteiger partial charge in [0.1, 0.15) is 6.54 Å². The Bertz CT molecular complexity index is 1010. The van der Waals surface area contributed by atoms with E-state index in [2.05, 4.69) is 4.72 Å². The molecule has 1 aromatic heterocycles. The van der Waals surface area contributed by atoms with Crippen molar-refractivity contribution in [1.82, 2.24) is 9.29 Å². The lowest BCUT2D eigenvalue weighted by atomic mass is 10.2. The molecule has 0 atom stereocenters. The van der Waals surface area contributed by atoms with Crippen LogP contribution in [0.2, 0.25) is 5.02 Å². The van der Waals surface area contributed by atoms with Gasteiger partial charge >= 0.3 is 0 Å². The summed E-state index contributed by atoms with van der Waals surface area (Å²) in [6.45, 7) is 1.80. The van der Waals surface area contributed by atoms with Crippen LogP contribution in [0.15, 0.2) is 59.5 Å². The van der Waals surface area contributed by atoms with Gasteiger partial charge in [-0.1, -0.05) is 29.8 Å². The summed E-state index contributed by atoms with van der Waals surface area (Å²) in [5, 5.41) is 1.43. The van der Waals surface area contributed by atoms with Crippen molar-refractivity contribution in [2.75, 3.05) is 0 Å². The number of nitrogens with zero attached hydrogens (tertiary/aromatic N) is 1. The molecule has 0 spiro atoms. The molecule has 1 N–H and O–H groups in total. The van der Waals surface area contributed by atoms with E-state index in [1.165, 1.54) is 24.3 Å². The summed E-state index contributed by atoms with van der Waals surface area (Å²) in [4.78, 5) is 12.2. The van der Waals surface area contributed by atoms with Crippen LogP contribution in [0.5, 0.6) is 0 Å². The number of benzene rings is 2. The number of para-hydroxylation sites is 1. The first kappa shape index (κ1) is 16.5. The van der Waals surface area contributed by atoms with E-state index in [0.29, 0.717) is 5.02 Å². The molecule has 3 rings (SSSR count). The van der Waals surface area contributed by atoms with Crippen molar-refractivity contribution in [3.05, 3.63) is 65.3 Å². The Morgan fingerprint density at radius 2 is 1.79 bits per heavy atom. The second-order valence-electron chi connectivity index (χ2n) is 5.41. The number of nitrogens with one attached hydrogen (secondary N) is 1. The smallest absolute Gasteiger partial charge is 0.264 e. The molecule has 0 aliphatic heterocycles. The highest BCUT2D eigenvalue weighted by atomic mass is 35.5. The number of carbonyl (C=O) groups is 1. The molecule has 0 saturated carbocycles. The topological polar surface area (TPSA) is 68.2 Å². The van der Waals surface area contributed by atoms with Gasteiger partial charge in [0.2, 0.25) is 0 Å². The van der Waals surface area contributed by atoms with Gasteiger partial charge in [-0.05, 0) is 48.7 Å². The summed E-state index contributed by atoms with van der Waals surface area (Å²) >= 11 is 5.75. The van der Waals surface area contributed by atoms with Gasteiger partial charge in [0.15, 0.2) is 0 Å². The van der Waals surface area contributed by atoms with Crippen molar-refractivity contribution in [3.63, 3.8) is 0 Å². The highest BCUT2D eigenvalue weighted by Gasteiger charge is 2.18. The summed E-state index contributed by atoms with van der Waals surface area (Å²) < 4.78 is 28.4. The molecular weight excluding hydrogens is 348 g/mol. The van der Waals surface area contributed by atoms with Crippen molar-refractivity contribution in [1.29, 1.82) is 0 Å². The zero-order valence-corrected chi connectivity index (χ0v) is 14.4. The number of carbonyl (C=O) groups excluding carboxylic acids is 1. The molecule has 5 nitrogen and oxygen atoms in total. The highest BCUT2D eigenvalue weighted by Crippen LogP contribution is 2.19. The summed E-state index contributed by atoms with van der Waals surface area (Å²) in [5.41, 5.74) is 1.77. The van der Waals surface area contributed by atoms with Crippen molar-refractivity contribution < 1.29 is 13.2 Å². The fourth-order valence-corrected chi connectivity index (χ4v) is 3.66. The van der Waals surface area contributed by atoms with Crippen LogP contribution in [-0.4, -0.2) is 18.9 Å². The lowest BCUT2D eigenvalue weighted by molar-refractivity contribution is -0.119. The number of sulfonamides is 1. The van der Waals surface area contributed by atoms with Crippen molar-refractivity contribution in [3.8, 4) is 0 Å². The van der Waals surface area contributed by atoms with Crippen LogP contribution in [-0.2, 0) is 21.4 Å². The molecule has 0 unspecified atom stereocenters. The SMILES string of the molecule is Cc1cc2ccccc2n1CC(=O)NS(=O)(=O)c1ccc(Cl)cc1. The zero-order chi connectivity index (χ0) is 17.3. The van der Waals surface area contributed by atoms with Gasteiger partial charge in [0, 0.05) is 16.2 Å². The second kappa shape index (κ2) is 6.30. The molecule has 0 bridgehead atoms. The Morgan fingerprint density at radius 1 is 1.12 bits per heavy atom. The zero-order valence-electron chi connectivity index (χ0n) is 12.9. The normalized spacial score (nSPS) is 11.6. The van der Waals surface area contributed by atoms with Gasteiger partial charge in [-0.15, -0.1) is 0 Å². The molecule has 0 saturated heterocycles. The fraction of sp³-hybridized carbons (Fsp3) is 0.118. The number of hydrogen-bond donors (Lipinski definition) is 1. The average molecular weight is 363 g/mol. The van der Waals surface area contributed by atoms with Crippen LogP contribution in [0.4, 0.5) is 0 Å². The van der Waals surface area contributed by atoms with E-state index >= 15 is 0 Å². The molecular formula is C17H15ClN2O3S. The number of rotatable bonds is 4. The lowest BCUT2D eigenvalue weighted by Gasteiger charge is -2.10. The summed E-state index contributed by atoms with van der Waals surface area (Å²) in [6.07, 6.45) is 0. The standard InChI is InChI=1S/C17H15ClN2O3S/c1-12-10-13-4-2-3-5-16(13)20(12)11-17(21)19-24(22,23)15-8-6-14(18)7-9-15/h2-10H,11H2,1H3,(H,19,21). The third-order valence-electron chi connectivity index (χ3n) is 3.69. The molecule has 1 heterocycles. The van der Waals surface area contributed by atoms with Crippen LogP contribution in [0, 0.1) is 6.92 Å². The van der Waals surface area contributed by atoms with Crippen LogP contribution in [0.3, 0.4) is 0 Å². The third-order valence-corrected chi connectivity index (χ3v) is 5.33. The van der Waals surface area contributed by atoms with Crippen molar-refractivity contribution >= 4 is 38.4 Å². The first-order valence-electron chi connectivity index (χ1n) is 7.23. The molecule has 0 aliphatic rings. The average Bonchev–Trinajstić information content (AvgIpc) is 2.83. The van der Waals surface area contributed by atoms with E-state index in [1.807, 2.05) is 37.3 Å². The quantitative estimate of drug-likeness (QED) is 0.775. The Balaban J connectivity index is 1.82. The largest absolute Gasteiger partial charge is 0.335 e. The minimum absolute atomic E-state index is 0.00524. The first-order valence-corrected chi connectivity index (χ1v) is 9.09. The number of amides is 1. The predicted molar refractivity (Wildman–Crippen MR) is 93.5 cm³/mol. The van der Waals surface area contributed by atoms with Gasteiger partial charge in [-0.25, -0.2) is 13.1 Å². The highest BCUT2D eigenvalue weighted by molar-refractivity contribution is 7.90. The third kappa shape index (κ3) is 3.29. The lowest BCUT2D eigenvalue weighted by Crippen LogP contribution is -2.33. The van der Waals surface area contributed by atoms with Gasteiger partial charge in [0.05, 0.1) is 4.90 Å². The molecule has 0 aliphatic carbocycles. The van der Waals surface area contributed by atoms with Crippen molar-refractivity contribution in [2.24, 2.45) is 0 Å². The summed E-state index contributed by atoms with van der Waals surface area (Å²) in [5.74, 6) is -0.602. The number of hydrogen-bond acceptors (Lipinski definition) is 3. The molecule has 124 valence electrons. The van der Waals surface area contributed by atoms with E-state index < -0.39 is 15.9 Å². The Hall–Kier alpha value is -2.31. The monoisotopic (exact) mass is 362 g/mol. The van der Waals surface area contributed by atoms with Crippen LogP contribution in [0.1, 0.15) is 5.69 Å². The second-order valence-corrected chi connectivity index (χ2v) is 7.53. The van der Waals surface area contributed by atoms with E-state index in [-0.39, 0.29) is 11.4 Å². The molecule has 2 aromatic carbocycles. The van der Waals surface area contributed by atoms with Crippen LogP contribution >= 0.6 is 11.6 Å². The summed E-state index contributed by atoms with van der Waals surface area (Å²) in [6, 6.07) is 15.2. The van der Waals surface area contributed by atoms with E-state index in [0.717, 1.165) is 16.6 Å². The van der Waals surface area contributed by atoms with E-state index in [4.69, 9.17) is 11.6 Å². The molecule has 0 fully saturated rings. The number of aryl methyl sites for hydroxylation is 1. The number of halogens is 1.